The topological polar surface area (TPSA) is 53.0 Å². The Balaban J connectivity index is 0.00000121. The van der Waals surface area contributed by atoms with Crippen LogP contribution in [-0.2, 0) is 11.1 Å². The molecule has 1 atom stereocenters. The Kier molecular flexibility index (Phi) is 4.98. The van der Waals surface area contributed by atoms with E-state index in [1.165, 1.54) is 0 Å². The van der Waals surface area contributed by atoms with E-state index in [4.69, 9.17) is 11.6 Å². The molecule has 1 heterocycles. The number of hydrogen-bond acceptors (Lipinski definition) is 3. The van der Waals surface area contributed by atoms with Gasteiger partial charge in [-0.15, -0.1) is 0 Å². The van der Waals surface area contributed by atoms with E-state index < -0.39 is 17.0 Å². The van der Waals surface area contributed by atoms with Crippen LogP contribution in [0.4, 0.5) is 4.39 Å². The first-order valence-corrected chi connectivity index (χ1v) is 3.97. The molecule has 0 aliphatic carbocycles. The number of halogens is 2. The molecule has 1 aromatic heterocycles. The van der Waals surface area contributed by atoms with Crippen molar-refractivity contribution in [3.05, 3.63) is 23.2 Å². The summed E-state index contributed by atoms with van der Waals surface area (Å²) >= 11 is 2.84. The summed E-state index contributed by atoms with van der Waals surface area (Å²) in [6.45, 7) is 0. The number of pyridine rings is 1. The van der Waals surface area contributed by atoms with Crippen LogP contribution in [-0.4, -0.2) is 13.7 Å². The molecule has 0 saturated carbocycles. The summed E-state index contributed by atoms with van der Waals surface area (Å²) in [6.07, 6.45) is 0.893. The Morgan fingerprint density at radius 2 is 2.25 bits per heavy atom. The molecule has 0 aliphatic rings. The normalized spacial score (nSPS) is 11.9. The SMILES string of the molecule is O=S([O-])c1cnc(F)c(Cl)c1.[Li+]. The molecule has 7 heteroatoms. The van der Waals surface area contributed by atoms with Gasteiger partial charge in [-0.05, 0) is 17.1 Å². The minimum Gasteiger partial charge on any atom is -0.768 e. The second-order valence-corrected chi connectivity index (χ2v) is 3.03. The molecular formula is C5H2ClFLiNO2S. The van der Waals surface area contributed by atoms with Gasteiger partial charge in [-0.2, -0.15) is 4.39 Å². The fourth-order valence-corrected chi connectivity index (χ4v) is 1.08. The molecule has 0 bridgehead atoms. The summed E-state index contributed by atoms with van der Waals surface area (Å²) in [5.41, 5.74) is 0. The van der Waals surface area contributed by atoms with Crippen LogP contribution in [0.5, 0.6) is 0 Å². The van der Waals surface area contributed by atoms with Gasteiger partial charge in [0, 0.05) is 11.1 Å². The third-order valence-electron chi connectivity index (χ3n) is 0.964. The minimum atomic E-state index is -2.41. The van der Waals surface area contributed by atoms with Gasteiger partial charge in [-0.1, -0.05) is 11.6 Å². The molecular weight excluding hydrogens is 200 g/mol. The van der Waals surface area contributed by atoms with Gasteiger partial charge in [0.2, 0.25) is 5.95 Å². The third-order valence-corrected chi connectivity index (χ3v) is 1.84. The third kappa shape index (κ3) is 2.85. The van der Waals surface area contributed by atoms with E-state index in [1.807, 2.05) is 0 Å². The Morgan fingerprint density at radius 1 is 1.67 bits per heavy atom. The monoisotopic (exact) mass is 201 g/mol. The first kappa shape index (κ1) is 12.1. The van der Waals surface area contributed by atoms with E-state index in [0.29, 0.717) is 0 Å². The molecule has 0 spiro atoms. The first-order chi connectivity index (χ1) is 5.11. The van der Waals surface area contributed by atoms with Crippen LogP contribution in [0.3, 0.4) is 0 Å². The predicted octanol–water partition coefficient (Wildman–Crippen LogP) is -1.88. The maximum absolute atomic E-state index is 12.3. The maximum atomic E-state index is 12.3. The molecule has 12 heavy (non-hydrogen) atoms. The van der Waals surface area contributed by atoms with Gasteiger partial charge < -0.3 is 4.55 Å². The van der Waals surface area contributed by atoms with Crippen LogP contribution < -0.4 is 18.9 Å². The number of hydrogen-bond donors (Lipinski definition) is 0. The smallest absolute Gasteiger partial charge is 0.768 e. The molecule has 1 rings (SSSR count). The molecule has 0 N–H and O–H groups in total. The zero-order valence-corrected chi connectivity index (χ0v) is 7.66. The Morgan fingerprint density at radius 3 is 2.67 bits per heavy atom. The van der Waals surface area contributed by atoms with Crippen molar-refractivity contribution in [1.82, 2.24) is 4.98 Å². The fourth-order valence-electron chi connectivity index (χ4n) is 0.495. The van der Waals surface area contributed by atoms with Crippen molar-refractivity contribution in [2.24, 2.45) is 0 Å². The molecule has 60 valence electrons. The van der Waals surface area contributed by atoms with Crippen LogP contribution in [0, 0.1) is 5.95 Å². The maximum Gasteiger partial charge on any atom is 1.00 e. The molecule has 3 nitrogen and oxygen atoms in total. The van der Waals surface area contributed by atoms with Crippen molar-refractivity contribution in [2.75, 3.05) is 0 Å². The number of aromatic nitrogens is 1. The second kappa shape index (κ2) is 4.95. The first-order valence-electron chi connectivity index (χ1n) is 2.51. The van der Waals surface area contributed by atoms with E-state index >= 15 is 0 Å². The zero-order chi connectivity index (χ0) is 8.43. The van der Waals surface area contributed by atoms with E-state index in [2.05, 4.69) is 4.98 Å². The quantitative estimate of drug-likeness (QED) is 0.304. The Labute approximate surface area is 87.8 Å². The average Bonchev–Trinajstić information content (AvgIpc) is 1.94. The summed E-state index contributed by atoms with van der Waals surface area (Å²) < 4.78 is 32.8. The molecule has 0 radical (unpaired) electrons. The van der Waals surface area contributed by atoms with Crippen LogP contribution >= 0.6 is 11.6 Å². The van der Waals surface area contributed by atoms with Crippen molar-refractivity contribution >= 4 is 22.7 Å². The summed E-state index contributed by atoms with van der Waals surface area (Å²) in [6, 6.07) is 0.993. The Bertz CT molecular complexity index is 311. The molecule has 0 fully saturated rings. The number of rotatable bonds is 1. The summed E-state index contributed by atoms with van der Waals surface area (Å²) in [5, 5.41) is -0.299. The van der Waals surface area contributed by atoms with Gasteiger partial charge in [0.1, 0.15) is 0 Å². The molecule has 1 unspecified atom stereocenters. The minimum absolute atomic E-state index is 0. The average molecular weight is 202 g/mol. The van der Waals surface area contributed by atoms with Crippen LogP contribution in [0.15, 0.2) is 17.2 Å². The van der Waals surface area contributed by atoms with Gasteiger partial charge in [0.05, 0.1) is 5.02 Å². The molecule has 1 aromatic rings. The van der Waals surface area contributed by atoms with E-state index in [1.54, 1.807) is 0 Å². The van der Waals surface area contributed by atoms with Crippen LogP contribution in [0.1, 0.15) is 0 Å². The van der Waals surface area contributed by atoms with Gasteiger partial charge >= 0.3 is 18.9 Å². The van der Waals surface area contributed by atoms with Crippen molar-refractivity contribution in [2.45, 2.75) is 4.90 Å². The predicted molar refractivity (Wildman–Crippen MR) is 36.4 cm³/mol. The van der Waals surface area contributed by atoms with E-state index in [-0.39, 0.29) is 28.8 Å². The van der Waals surface area contributed by atoms with Crippen LogP contribution in [0.25, 0.3) is 0 Å². The van der Waals surface area contributed by atoms with E-state index in [0.717, 1.165) is 12.3 Å². The summed E-state index contributed by atoms with van der Waals surface area (Å²) in [5.74, 6) is -0.874. The van der Waals surface area contributed by atoms with Gasteiger partial charge in [-0.3, -0.25) is 4.21 Å². The van der Waals surface area contributed by atoms with Gasteiger partial charge in [-0.25, -0.2) is 4.98 Å². The van der Waals surface area contributed by atoms with Crippen molar-refractivity contribution in [3.8, 4) is 0 Å². The van der Waals surface area contributed by atoms with Crippen molar-refractivity contribution in [1.29, 1.82) is 0 Å². The Hall–Kier alpha value is 0.0774. The second-order valence-electron chi connectivity index (χ2n) is 1.68. The zero-order valence-electron chi connectivity index (χ0n) is 6.08. The molecule has 0 aromatic carbocycles. The van der Waals surface area contributed by atoms with Gasteiger partial charge in [0.25, 0.3) is 0 Å². The molecule has 0 amide bonds. The number of nitrogens with zero attached hydrogens (tertiary/aromatic N) is 1. The molecule has 0 saturated heterocycles. The standard InChI is InChI=1S/C5H3ClFNO2S.Li/c6-4-1-3(11(9)10)2-8-5(4)7;/h1-2H,(H,9,10);/q;+1/p-1. The summed E-state index contributed by atoms with van der Waals surface area (Å²) in [4.78, 5) is 2.98. The van der Waals surface area contributed by atoms with Crippen molar-refractivity contribution < 1.29 is 32.0 Å². The van der Waals surface area contributed by atoms with E-state index in [9.17, 15) is 13.2 Å². The largest absolute Gasteiger partial charge is 1.00 e. The van der Waals surface area contributed by atoms with Crippen molar-refractivity contribution in [3.63, 3.8) is 0 Å². The fraction of sp³-hybridized carbons (Fsp3) is 0. The molecule has 0 aliphatic heterocycles. The van der Waals surface area contributed by atoms with Crippen LogP contribution in [0.2, 0.25) is 5.02 Å². The summed E-state index contributed by atoms with van der Waals surface area (Å²) in [7, 11) is 0. The van der Waals surface area contributed by atoms with Gasteiger partial charge in [0.15, 0.2) is 0 Å².